The van der Waals surface area contributed by atoms with Crippen LogP contribution < -0.4 is 5.73 Å². The predicted octanol–water partition coefficient (Wildman–Crippen LogP) is 4.13. The van der Waals surface area contributed by atoms with Crippen molar-refractivity contribution in [2.45, 2.75) is 6.54 Å². The zero-order valence-corrected chi connectivity index (χ0v) is 15.9. The third-order valence-corrected chi connectivity index (χ3v) is 5.24. The molecule has 0 radical (unpaired) electrons. The minimum absolute atomic E-state index is 0.503. The van der Waals surface area contributed by atoms with E-state index in [9.17, 15) is 0 Å². The number of nitrogens with zero attached hydrogens (tertiary/aromatic N) is 5. The van der Waals surface area contributed by atoms with E-state index in [1.807, 2.05) is 28.9 Å². The van der Waals surface area contributed by atoms with Crippen molar-refractivity contribution in [3.8, 4) is 17.5 Å². The third-order valence-electron chi connectivity index (χ3n) is 4.85. The van der Waals surface area contributed by atoms with Crippen LogP contribution in [0.4, 0.5) is 5.69 Å². The Morgan fingerprint density at radius 3 is 2.76 bits per heavy atom. The van der Waals surface area contributed by atoms with Gasteiger partial charge in [-0.2, -0.15) is 10.4 Å². The molecule has 0 aliphatic carbocycles. The Morgan fingerprint density at radius 2 is 2.00 bits per heavy atom. The third kappa shape index (κ3) is 2.78. The van der Waals surface area contributed by atoms with Crippen molar-refractivity contribution in [2.75, 3.05) is 5.73 Å². The molecule has 4 heterocycles. The number of nitrogen functional groups attached to an aromatic ring is 1. The van der Waals surface area contributed by atoms with Crippen LogP contribution in [-0.4, -0.2) is 24.7 Å². The molecule has 0 aliphatic rings. The molecule has 0 unspecified atom stereocenters. The van der Waals surface area contributed by atoms with Gasteiger partial charge in [-0.15, -0.1) is 0 Å². The molecule has 5 aromatic rings. The molecular weight excluding hydrogens is 386 g/mol. The highest BCUT2D eigenvalue weighted by Gasteiger charge is 2.21. The lowest BCUT2D eigenvalue weighted by molar-refractivity contribution is 0.713. The summed E-state index contributed by atoms with van der Waals surface area (Å²) in [5.74, 6) is 0. The second kappa shape index (κ2) is 6.62. The van der Waals surface area contributed by atoms with E-state index in [0.29, 0.717) is 39.9 Å². The summed E-state index contributed by atoms with van der Waals surface area (Å²) < 4.78 is 1.84. The van der Waals surface area contributed by atoms with Crippen LogP contribution in [-0.2, 0) is 6.54 Å². The van der Waals surface area contributed by atoms with Crippen molar-refractivity contribution in [3.05, 3.63) is 71.1 Å². The van der Waals surface area contributed by atoms with Crippen molar-refractivity contribution < 1.29 is 0 Å². The largest absolute Gasteiger partial charge is 0.397 e. The first-order valence-electron chi connectivity index (χ1n) is 8.87. The topological polar surface area (TPSA) is 109 Å². The zero-order valence-electron chi connectivity index (χ0n) is 15.1. The van der Waals surface area contributed by atoms with Crippen molar-refractivity contribution in [1.82, 2.24) is 24.7 Å². The average molecular weight is 400 g/mol. The van der Waals surface area contributed by atoms with E-state index in [1.165, 1.54) is 0 Å². The van der Waals surface area contributed by atoms with Gasteiger partial charge in [-0.3, -0.25) is 9.67 Å². The number of nitrogens with two attached hydrogens (primary N) is 1. The smallest absolute Gasteiger partial charge is 0.139 e. The van der Waals surface area contributed by atoms with E-state index in [2.05, 4.69) is 21.0 Å². The number of nitrogens with one attached hydrogen (secondary N) is 1. The number of nitriles is 1. The molecule has 0 amide bonds. The first-order valence-corrected chi connectivity index (χ1v) is 9.25. The standard InChI is InChI=1S/C21H14ClN7/c22-18-14-2-1-7-26-21(14)27-20(18)19-17-15(24)9-25-10-16(17)29(28-19)11-13-5-3-12(8-23)4-6-13/h1-7,9-10H,11,24H2,(H,26,27). The van der Waals surface area contributed by atoms with Gasteiger partial charge < -0.3 is 10.7 Å². The molecule has 5 rings (SSSR count). The number of halogens is 1. The summed E-state index contributed by atoms with van der Waals surface area (Å²) in [5.41, 5.74) is 11.2. The van der Waals surface area contributed by atoms with Crippen molar-refractivity contribution in [1.29, 1.82) is 5.26 Å². The van der Waals surface area contributed by atoms with Crippen molar-refractivity contribution in [2.24, 2.45) is 0 Å². The molecule has 0 aliphatic heterocycles. The number of fused-ring (bicyclic) bond motifs is 2. The summed E-state index contributed by atoms with van der Waals surface area (Å²) in [6.07, 6.45) is 5.05. The van der Waals surface area contributed by atoms with E-state index in [4.69, 9.17) is 27.7 Å². The number of rotatable bonds is 3. The van der Waals surface area contributed by atoms with Crippen molar-refractivity contribution in [3.63, 3.8) is 0 Å². The van der Waals surface area contributed by atoms with Gasteiger partial charge in [-0.25, -0.2) is 4.98 Å². The quantitative estimate of drug-likeness (QED) is 0.474. The van der Waals surface area contributed by atoms with Crippen LogP contribution in [0.15, 0.2) is 55.0 Å². The van der Waals surface area contributed by atoms with E-state index in [0.717, 1.165) is 21.9 Å². The summed E-state index contributed by atoms with van der Waals surface area (Å²) in [5, 5.41) is 16.0. The molecule has 4 aromatic heterocycles. The number of pyridine rings is 2. The highest BCUT2D eigenvalue weighted by Crippen LogP contribution is 2.38. The second-order valence-electron chi connectivity index (χ2n) is 6.65. The van der Waals surface area contributed by atoms with Crippen LogP contribution in [0, 0.1) is 11.3 Å². The molecule has 0 saturated heterocycles. The van der Waals surface area contributed by atoms with Gasteiger partial charge >= 0.3 is 0 Å². The number of hydrogen-bond donors (Lipinski definition) is 2. The minimum atomic E-state index is 0.503. The van der Waals surface area contributed by atoms with Gasteiger partial charge in [0.2, 0.25) is 0 Å². The van der Waals surface area contributed by atoms with Crippen LogP contribution in [0.25, 0.3) is 33.3 Å². The lowest BCUT2D eigenvalue weighted by atomic mass is 10.1. The second-order valence-corrected chi connectivity index (χ2v) is 7.03. The van der Waals surface area contributed by atoms with Crippen molar-refractivity contribution >= 4 is 39.2 Å². The molecule has 0 spiro atoms. The summed E-state index contributed by atoms with van der Waals surface area (Å²) in [7, 11) is 0. The molecule has 7 nitrogen and oxygen atoms in total. The fourth-order valence-corrected chi connectivity index (χ4v) is 3.74. The summed E-state index contributed by atoms with van der Waals surface area (Å²) in [6, 6.07) is 13.3. The first kappa shape index (κ1) is 17.2. The van der Waals surface area contributed by atoms with E-state index >= 15 is 0 Å². The lowest BCUT2D eigenvalue weighted by Crippen LogP contribution is -2.02. The maximum Gasteiger partial charge on any atom is 0.139 e. The molecule has 0 saturated carbocycles. The first-order chi connectivity index (χ1) is 14.2. The Bertz CT molecular complexity index is 1410. The fourth-order valence-electron chi connectivity index (χ4n) is 3.45. The number of aromatic nitrogens is 5. The van der Waals surface area contributed by atoms with Gasteiger partial charge in [0.1, 0.15) is 11.3 Å². The lowest BCUT2D eigenvalue weighted by Gasteiger charge is -2.04. The molecule has 1 aromatic carbocycles. The Balaban J connectivity index is 1.70. The van der Waals surface area contributed by atoms with Gasteiger partial charge in [-0.1, -0.05) is 23.7 Å². The Morgan fingerprint density at radius 1 is 1.17 bits per heavy atom. The molecule has 0 atom stereocenters. The maximum absolute atomic E-state index is 8.99. The summed E-state index contributed by atoms with van der Waals surface area (Å²) in [6.45, 7) is 0.503. The fraction of sp³-hybridized carbons (Fsp3) is 0.0476. The monoisotopic (exact) mass is 399 g/mol. The molecule has 29 heavy (non-hydrogen) atoms. The molecule has 0 bridgehead atoms. The van der Waals surface area contributed by atoms with Gasteiger partial charge in [0.15, 0.2) is 0 Å². The molecule has 8 heteroatoms. The molecule has 140 valence electrons. The molecule has 0 fully saturated rings. The highest BCUT2D eigenvalue weighted by atomic mass is 35.5. The normalized spacial score (nSPS) is 11.2. The van der Waals surface area contributed by atoms with Crippen LogP contribution in [0.1, 0.15) is 11.1 Å². The number of anilines is 1. The van der Waals surface area contributed by atoms with E-state index < -0.39 is 0 Å². The van der Waals surface area contributed by atoms with Crippen LogP contribution >= 0.6 is 11.6 Å². The van der Waals surface area contributed by atoms with Crippen LogP contribution in [0.2, 0.25) is 5.02 Å². The number of hydrogen-bond acceptors (Lipinski definition) is 5. The van der Waals surface area contributed by atoms with Gasteiger partial charge in [-0.05, 0) is 29.8 Å². The average Bonchev–Trinajstić information content (AvgIpc) is 3.28. The number of aromatic amines is 1. The zero-order chi connectivity index (χ0) is 20.0. The van der Waals surface area contributed by atoms with Gasteiger partial charge in [0.25, 0.3) is 0 Å². The summed E-state index contributed by atoms with van der Waals surface area (Å²) in [4.78, 5) is 11.8. The Labute approximate surface area is 170 Å². The van der Waals surface area contributed by atoms with Crippen LogP contribution in [0.3, 0.4) is 0 Å². The van der Waals surface area contributed by atoms with Gasteiger partial charge in [0.05, 0.1) is 57.9 Å². The SMILES string of the molecule is N#Cc1ccc(Cn2nc(-c3[nH]c4ncccc4c3Cl)c3c(N)cncc32)cc1. The maximum atomic E-state index is 8.99. The predicted molar refractivity (Wildman–Crippen MR) is 112 cm³/mol. The highest BCUT2D eigenvalue weighted by molar-refractivity contribution is 6.38. The Kier molecular flexibility index (Phi) is 3.93. The van der Waals surface area contributed by atoms with Crippen LogP contribution in [0.5, 0.6) is 0 Å². The molecule has 3 N–H and O–H groups in total. The number of benzene rings is 1. The van der Waals surface area contributed by atoms with E-state index in [1.54, 1.807) is 30.7 Å². The van der Waals surface area contributed by atoms with E-state index in [-0.39, 0.29) is 0 Å². The number of H-pyrrole nitrogens is 1. The minimum Gasteiger partial charge on any atom is -0.397 e. The van der Waals surface area contributed by atoms with Gasteiger partial charge in [0, 0.05) is 11.6 Å². The molecular formula is C21H14ClN7. The summed E-state index contributed by atoms with van der Waals surface area (Å²) >= 11 is 6.64. The Hall–Kier alpha value is -3.89.